The van der Waals surface area contributed by atoms with Crippen LogP contribution >= 0.6 is 23.7 Å². The predicted octanol–water partition coefficient (Wildman–Crippen LogP) is 1.10. The normalized spacial score (nSPS) is 24.7. The molecule has 15 heavy (non-hydrogen) atoms. The van der Waals surface area contributed by atoms with E-state index in [1.54, 1.807) is 0 Å². The average Bonchev–Trinajstić information content (AvgIpc) is 2.45. The second-order valence-corrected chi connectivity index (χ2v) is 5.01. The molecule has 2 rings (SSSR count). The van der Waals surface area contributed by atoms with Crippen molar-refractivity contribution in [1.29, 1.82) is 0 Å². The number of hydrogen-bond donors (Lipinski definition) is 2. The molecule has 3 N–H and O–H groups in total. The van der Waals surface area contributed by atoms with Gasteiger partial charge in [0.1, 0.15) is 0 Å². The van der Waals surface area contributed by atoms with Crippen molar-refractivity contribution in [3.63, 3.8) is 0 Å². The Kier molecular flexibility index (Phi) is 4.33. The van der Waals surface area contributed by atoms with Gasteiger partial charge in [-0.1, -0.05) is 0 Å². The van der Waals surface area contributed by atoms with Crippen LogP contribution in [0, 0.1) is 0 Å². The van der Waals surface area contributed by atoms with Gasteiger partial charge in [0.2, 0.25) is 0 Å². The molecule has 86 valence electrons. The molecular weight excluding hydrogens is 234 g/mol. The monoisotopic (exact) mass is 249 g/mol. The molecule has 0 bridgehead atoms. The van der Waals surface area contributed by atoms with Crippen LogP contribution in [0.3, 0.4) is 0 Å². The third-order valence-electron chi connectivity index (χ3n) is 2.69. The molecule has 6 heteroatoms. The Morgan fingerprint density at radius 1 is 1.67 bits per heavy atom. The minimum Gasteiger partial charge on any atom is -0.393 e. The third kappa shape index (κ3) is 3.04. The van der Waals surface area contributed by atoms with Crippen LogP contribution in [-0.4, -0.2) is 34.2 Å². The fourth-order valence-corrected chi connectivity index (χ4v) is 2.44. The van der Waals surface area contributed by atoms with E-state index in [1.807, 2.05) is 6.20 Å². The van der Waals surface area contributed by atoms with E-state index in [9.17, 15) is 5.11 Å². The van der Waals surface area contributed by atoms with Crippen LogP contribution in [0.5, 0.6) is 0 Å². The summed E-state index contributed by atoms with van der Waals surface area (Å²) in [6.45, 7) is 0.881. The van der Waals surface area contributed by atoms with Crippen molar-refractivity contribution in [2.45, 2.75) is 31.5 Å². The molecule has 0 unspecified atom stereocenters. The molecule has 1 heterocycles. The maximum absolute atomic E-state index is 9.18. The predicted molar refractivity (Wildman–Crippen MR) is 64.3 cm³/mol. The first-order valence-electron chi connectivity index (χ1n) is 4.73. The Hall–Kier alpha value is -0.360. The standard InChI is InChI=1S/C9H15N3OS.ClH/c1-12(6-2-7(13)3-6)5-8-4-11-9(10)14-8;/h4,6-7,13H,2-3,5H2,1H3,(H2,10,11);1H. The summed E-state index contributed by atoms with van der Waals surface area (Å²) in [6, 6.07) is 0.522. The van der Waals surface area contributed by atoms with E-state index in [2.05, 4.69) is 16.9 Å². The molecule has 1 fully saturated rings. The molecule has 0 atom stereocenters. The second-order valence-electron chi connectivity index (χ2n) is 3.86. The highest BCUT2D eigenvalue weighted by molar-refractivity contribution is 7.15. The van der Waals surface area contributed by atoms with Gasteiger partial charge in [0, 0.05) is 23.7 Å². The quantitative estimate of drug-likeness (QED) is 0.842. The summed E-state index contributed by atoms with van der Waals surface area (Å²) in [5.41, 5.74) is 5.55. The van der Waals surface area contributed by atoms with Crippen molar-refractivity contribution < 1.29 is 5.11 Å². The molecule has 1 aliphatic carbocycles. The summed E-state index contributed by atoms with van der Waals surface area (Å²) in [6.07, 6.45) is 3.52. The van der Waals surface area contributed by atoms with Gasteiger partial charge in [0.05, 0.1) is 6.10 Å². The summed E-state index contributed by atoms with van der Waals surface area (Å²) in [5.74, 6) is 0. The summed E-state index contributed by atoms with van der Waals surface area (Å²) in [5, 5.41) is 9.81. The number of aliphatic hydroxyl groups is 1. The molecule has 1 aromatic rings. The van der Waals surface area contributed by atoms with Gasteiger partial charge in [-0.05, 0) is 19.9 Å². The molecule has 0 amide bonds. The summed E-state index contributed by atoms with van der Waals surface area (Å²) < 4.78 is 0. The van der Waals surface area contributed by atoms with Crippen LogP contribution in [0.15, 0.2) is 6.20 Å². The highest BCUT2D eigenvalue weighted by Gasteiger charge is 2.30. The highest BCUT2D eigenvalue weighted by atomic mass is 35.5. The largest absolute Gasteiger partial charge is 0.393 e. The van der Waals surface area contributed by atoms with Gasteiger partial charge in [-0.3, -0.25) is 4.90 Å². The van der Waals surface area contributed by atoms with E-state index < -0.39 is 0 Å². The van der Waals surface area contributed by atoms with Crippen LogP contribution in [0.4, 0.5) is 5.13 Å². The SMILES string of the molecule is CN(Cc1cnc(N)s1)C1CC(O)C1.Cl. The molecule has 1 aromatic heterocycles. The first-order chi connectivity index (χ1) is 6.65. The van der Waals surface area contributed by atoms with Crippen molar-refractivity contribution in [1.82, 2.24) is 9.88 Å². The lowest BCUT2D eigenvalue weighted by molar-refractivity contribution is 0.00960. The average molecular weight is 250 g/mol. The molecular formula is C9H16ClN3OS. The molecule has 0 radical (unpaired) electrons. The van der Waals surface area contributed by atoms with Gasteiger partial charge in [0.15, 0.2) is 5.13 Å². The molecule has 0 aromatic carbocycles. The topological polar surface area (TPSA) is 62.4 Å². The van der Waals surface area contributed by atoms with Gasteiger partial charge in [-0.25, -0.2) is 4.98 Å². The number of halogens is 1. The Labute approximate surface area is 99.5 Å². The zero-order valence-corrected chi connectivity index (χ0v) is 10.2. The maximum atomic E-state index is 9.18. The Balaban J connectivity index is 0.00000112. The zero-order chi connectivity index (χ0) is 10.1. The van der Waals surface area contributed by atoms with E-state index in [0.29, 0.717) is 11.2 Å². The van der Waals surface area contributed by atoms with Gasteiger partial charge in [-0.15, -0.1) is 23.7 Å². The number of nitrogens with zero attached hydrogens (tertiary/aromatic N) is 2. The highest BCUT2D eigenvalue weighted by Crippen LogP contribution is 2.26. The third-order valence-corrected chi connectivity index (χ3v) is 3.50. The summed E-state index contributed by atoms with van der Waals surface area (Å²) >= 11 is 1.53. The fraction of sp³-hybridized carbons (Fsp3) is 0.667. The van der Waals surface area contributed by atoms with E-state index in [4.69, 9.17) is 5.73 Å². The first kappa shape index (κ1) is 12.7. The number of anilines is 1. The van der Waals surface area contributed by atoms with Crippen LogP contribution < -0.4 is 5.73 Å². The van der Waals surface area contributed by atoms with Gasteiger partial charge in [-0.2, -0.15) is 0 Å². The molecule has 0 spiro atoms. The van der Waals surface area contributed by atoms with Crippen molar-refractivity contribution in [2.75, 3.05) is 12.8 Å². The number of rotatable bonds is 3. The summed E-state index contributed by atoms with van der Waals surface area (Å²) in [4.78, 5) is 7.44. The van der Waals surface area contributed by atoms with E-state index in [-0.39, 0.29) is 18.5 Å². The fourth-order valence-electron chi connectivity index (χ4n) is 1.69. The van der Waals surface area contributed by atoms with E-state index in [1.165, 1.54) is 16.2 Å². The maximum Gasteiger partial charge on any atom is 0.180 e. The lowest BCUT2D eigenvalue weighted by Crippen LogP contribution is -2.44. The van der Waals surface area contributed by atoms with Crippen molar-refractivity contribution in [3.05, 3.63) is 11.1 Å². The van der Waals surface area contributed by atoms with Gasteiger partial charge < -0.3 is 10.8 Å². The Bertz CT molecular complexity index is 314. The number of nitrogens with two attached hydrogens (primary N) is 1. The van der Waals surface area contributed by atoms with Crippen molar-refractivity contribution >= 4 is 28.9 Å². The lowest BCUT2D eigenvalue weighted by Gasteiger charge is -2.38. The number of aliphatic hydroxyl groups excluding tert-OH is 1. The smallest absolute Gasteiger partial charge is 0.180 e. The molecule has 1 aliphatic rings. The minimum absolute atomic E-state index is 0. The van der Waals surface area contributed by atoms with Gasteiger partial charge >= 0.3 is 0 Å². The number of thiazole rings is 1. The zero-order valence-electron chi connectivity index (χ0n) is 8.59. The molecule has 1 saturated carbocycles. The number of hydrogen-bond acceptors (Lipinski definition) is 5. The van der Waals surface area contributed by atoms with Crippen molar-refractivity contribution in [2.24, 2.45) is 0 Å². The number of aromatic nitrogens is 1. The van der Waals surface area contributed by atoms with Gasteiger partial charge in [0.25, 0.3) is 0 Å². The molecule has 4 nitrogen and oxygen atoms in total. The van der Waals surface area contributed by atoms with Crippen LogP contribution in [0.25, 0.3) is 0 Å². The van der Waals surface area contributed by atoms with E-state index in [0.717, 1.165) is 19.4 Å². The second kappa shape index (κ2) is 5.12. The first-order valence-corrected chi connectivity index (χ1v) is 5.55. The van der Waals surface area contributed by atoms with E-state index >= 15 is 0 Å². The lowest BCUT2D eigenvalue weighted by atomic mass is 9.88. The number of nitrogen functional groups attached to an aromatic ring is 1. The van der Waals surface area contributed by atoms with Crippen LogP contribution in [-0.2, 0) is 6.54 Å². The molecule has 0 aliphatic heterocycles. The van der Waals surface area contributed by atoms with Crippen molar-refractivity contribution in [3.8, 4) is 0 Å². The van der Waals surface area contributed by atoms with Crippen LogP contribution in [0.1, 0.15) is 17.7 Å². The Morgan fingerprint density at radius 2 is 2.33 bits per heavy atom. The molecule has 0 saturated heterocycles. The Morgan fingerprint density at radius 3 is 2.80 bits per heavy atom. The summed E-state index contributed by atoms with van der Waals surface area (Å²) in [7, 11) is 2.08. The van der Waals surface area contributed by atoms with Crippen LogP contribution in [0.2, 0.25) is 0 Å². The minimum atomic E-state index is -0.0889.